The van der Waals surface area contributed by atoms with Crippen LogP contribution < -0.4 is 0 Å². The summed E-state index contributed by atoms with van der Waals surface area (Å²) >= 11 is 0. The quantitative estimate of drug-likeness (QED) is 0.268. The molecule has 0 amide bonds. The molecule has 0 aliphatic carbocycles. The molecule has 0 aromatic heterocycles. The van der Waals surface area contributed by atoms with Gasteiger partial charge in [-0.05, 0) is 5.41 Å². The minimum absolute atomic E-state index is 0. The van der Waals surface area contributed by atoms with Gasteiger partial charge in [0.15, 0.2) is 0 Å². The van der Waals surface area contributed by atoms with Crippen LogP contribution in [0.5, 0.6) is 0 Å². The minimum Gasteiger partial charge on any atom is -0.394 e. The SMILES string of the molecule is CC(C)(C)[C@@H]1O[C@H](CO)[C@@H](O)[C@H](O)[C@@H]1O.[Ac].[Ac].[Ac].[Ac]. The molecule has 0 aromatic rings. The molecule has 0 bridgehead atoms. The molecule has 5 nitrogen and oxygen atoms in total. The third kappa shape index (κ3) is 9.73. The van der Waals surface area contributed by atoms with Crippen LogP contribution in [0.15, 0.2) is 0 Å². The van der Waals surface area contributed by atoms with Gasteiger partial charge in [0.2, 0.25) is 0 Å². The third-order valence-electron chi connectivity index (χ3n) is 2.75. The molecule has 1 fully saturated rings. The van der Waals surface area contributed by atoms with Crippen LogP contribution >= 0.6 is 0 Å². The van der Waals surface area contributed by atoms with Crippen LogP contribution in [0.1, 0.15) is 20.8 Å². The molecule has 0 aromatic carbocycles. The Morgan fingerprint density at radius 3 is 1.58 bits per heavy atom. The molecular formula is C10H20Ac4O5. The number of aliphatic hydroxyl groups excluding tert-OH is 4. The van der Waals surface area contributed by atoms with E-state index in [1.807, 2.05) is 20.8 Å². The summed E-state index contributed by atoms with van der Waals surface area (Å²) in [5.74, 6) is 0. The molecule has 1 heterocycles. The van der Waals surface area contributed by atoms with E-state index in [2.05, 4.69) is 0 Å². The number of aliphatic hydroxyl groups is 4. The zero-order chi connectivity index (χ0) is 11.8. The number of hydrogen-bond acceptors (Lipinski definition) is 5. The van der Waals surface area contributed by atoms with Crippen LogP contribution in [0.3, 0.4) is 0 Å². The summed E-state index contributed by atoms with van der Waals surface area (Å²) in [6.45, 7) is 5.21. The largest absolute Gasteiger partial charge is 0.394 e. The molecule has 4 N–H and O–H groups in total. The van der Waals surface area contributed by atoms with E-state index in [1.54, 1.807) is 0 Å². The van der Waals surface area contributed by atoms with E-state index in [0.717, 1.165) is 0 Å². The van der Waals surface area contributed by atoms with E-state index in [-0.39, 0.29) is 188 Å². The summed E-state index contributed by atoms with van der Waals surface area (Å²) in [5.41, 5.74) is -0.367. The Morgan fingerprint density at radius 1 is 0.842 bits per heavy atom. The van der Waals surface area contributed by atoms with Gasteiger partial charge in [-0.1, -0.05) is 20.8 Å². The summed E-state index contributed by atoms with van der Waals surface area (Å²) < 4.78 is 5.38. The maximum Gasteiger partial charge on any atom is 0.111 e. The van der Waals surface area contributed by atoms with Gasteiger partial charge in [0.25, 0.3) is 0 Å². The van der Waals surface area contributed by atoms with Crippen molar-refractivity contribution in [2.24, 2.45) is 5.41 Å². The van der Waals surface area contributed by atoms with E-state index in [9.17, 15) is 15.3 Å². The van der Waals surface area contributed by atoms with Crippen LogP contribution in [0, 0.1) is 182 Å². The van der Waals surface area contributed by atoms with Gasteiger partial charge in [0, 0.05) is 176 Å². The second-order valence-electron chi connectivity index (χ2n) is 5.12. The predicted octanol–water partition coefficient (Wildman–Crippen LogP) is -1.13. The third-order valence-corrected chi connectivity index (χ3v) is 2.75. The predicted molar refractivity (Wildman–Crippen MR) is 53.2 cm³/mol. The standard InChI is InChI=1S/C10H20O5.4Ac/c1-10(2,3)9-8(14)7(13)6(12)5(4-11)15-9;;;;/h5-9,11-14H,4H2,1-3H3;;;;/t5-,6-,7+,8+,9-;;;;/m1..../s1. The minimum atomic E-state index is -1.28. The first-order valence-electron chi connectivity index (χ1n) is 5.09. The first-order chi connectivity index (χ1) is 6.79. The van der Waals surface area contributed by atoms with Crippen molar-refractivity contribution in [2.45, 2.75) is 51.3 Å². The molecule has 1 aliphatic heterocycles. The van der Waals surface area contributed by atoms with Crippen LogP contribution in [-0.4, -0.2) is 57.6 Å². The van der Waals surface area contributed by atoms with E-state index in [4.69, 9.17) is 9.84 Å². The molecule has 1 rings (SSSR count). The van der Waals surface area contributed by atoms with Gasteiger partial charge in [0.1, 0.15) is 24.4 Å². The number of rotatable bonds is 1. The molecule has 1 saturated heterocycles. The van der Waals surface area contributed by atoms with Crippen LogP contribution in [-0.2, 0) is 4.74 Å². The molecule has 4 radical (unpaired) electrons. The molecule has 5 atom stereocenters. The molecule has 1 aliphatic rings. The van der Waals surface area contributed by atoms with E-state index in [1.165, 1.54) is 0 Å². The van der Waals surface area contributed by atoms with Gasteiger partial charge < -0.3 is 25.2 Å². The smallest absolute Gasteiger partial charge is 0.111 e. The topological polar surface area (TPSA) is 90.2 Å². The van der Waals surface area contributed by atoms with Crippen molar-refractivity contribution in [2.75, 3.05) is 6.61 Å². The van der Waals surface area contributed by atoms with Gasteiger partial charge in [0.05, 0.1) is 12.7 Å². The summed E-state index contributed by atoms with van der Waals surface area (Å²) in [5, 5.41) is 37.8. The Balaban J connectivity index is -0.000000281. The van der Waals surface area contributed by atoms with Crippen LogP contribution in [0.2, 0.25) is 0 Å². The second kappa shape index (κ2) is 14.7. The Kier molecular flexibility index (Phi) is 25.0. The molecular weight excluding hydrogens is 1110 g/mol. The van der Waals surface area contributed by atoms with Gasteiger partial charge in [-0.25, -0.2) is 0 Å². The Labute approximate surface area is 258 Å². The maximum absolute atomic E-state index is 9.74. The van der Waals surface area contributed by atoms with Gasteiger partial charge in [-0.15, -0.1) is 0 Å². The number of ether oxygens (including phenoxy) is 1. The summed E-state index contributed by atoms with van der Waals surface area (Å²) in [6, 6.07) is 0. The van der Waals surface area contributed by atoms with Crippen molar-refractivity contribution in [1.29, 1.82) is 0 Å². The zero-order valence-corrected chi connectivity index (χ0v) is 30.6. The van der Waals surface area contributed by atoms with Crippen LogP contribution in [0.4, 0.5) is 0 Å². The van der Waals surface area contributed by atoms with Crippen molar-refractivity contribution in [3.8, 4) is 0 Å². The van der Waals surface area contributed by atoms with Crippen molar-refractivity contribution in [3.63, 3.8) is 0 Å². The molecule has 0 saturated carbocycles. The van der Waals surface area contributed by atoms with Crippen molar-refractivity contribution >= 4 is 0 Å². The normalized spacial score (nSPS) is 33.9. The van der Waals surface area contributed by atoms with Crippen molar-refractivity contribution < 1.29 is 201 Å². The Bertz CT molecular complexity index is 224. The first-order valence-corrected chi connectivity index (χ1v) is 5.09. The van der Waals surface area contributed by atoms with E-state index < -0.39 is 30.5 Å². The summed E-state index contributed by atoms with van der Waals surface area (Å²) in [7, 11) is 0. The molecule has 19 heavy (non-hydrogen) atoms. The summed E-state index contributed by atoms with van der Waals surface area (Å²) in [4.78, 5) is 0. The second-order valence-corrected chi connectivity index (χ2v) is 5.12. The average molecular weight is 1130 g/mol. The number of hydrogen-bond donors (Lipinski definition) is 4. The fourth-order valence-corrected chi connectivity index (χ4v) is 1.82. The Morgan fingerprint density at radius 2 is 1.26 bits per heavy atom. The Hall–Kier alpha value is 5.57. The van der Waals surface area contributed by atoms with Crippen molar-refractivity contribution in [1.82, 2.24) is 0 Å². The van der Waals surface area contributed by atoms with E-state index >= 15 is 0 Å². The first kappa shape index (κ1) is 32.3. The van der Waals surface area contributed by atoms with Gasteiger partial charge in [-0.3, -0.25) is 0 Å². The molecule has 9 heteroatoms. The van der Waals surface area contributed by atoms with Crippen molar-refractivity contribution in [3.05, 3.63) is 0 Å². The zero-order valence-electron chi connectivity index (χ0n) is 11.6. The van der Waals surface area contributed by atoms with Crippen LogP contribution in [0.25, 0.3) is 0 Å². The van der Waals surface area contributed by atoms with Gasteiger partial charge in [-0.2, -0.15) is 0 Å². The fraction of sp³-hybridized carbons (Fsp3) is 1.00. The monoisotopic (exact) mass is 1130 g/mol. The van der Waals surface area contributed by atoms with E-state index in [0.29, 0.717) is 0 Å². The fourth-order valence-electron chi connectivity index (χ4n) is 1.82. The molecule has 102 valence electrons. The summed E-state index contributed by atoms with van der Waals surface area (Å²) in [6.07, 6.45) is -5.10. The molecule has 0 unspecified atom stereocenters. The average Bonchev–Trinajstić information content (AvgIpc) is 2.13. The molecule has 0 spiro atoms. The van der Waals surface area contributed by atoms with Gasteiger partial charge >= 0.3 is 0 Å². The maximum atomic E-state index is 9.74.